The summed E-state index contributed by atoms with van der Waals surface area (Å²) in [6.45, 7) is 4.68. The average Bonchev–Trinajstić information content (AvgIpc) is 2.68. The van der Waals surface area contributed by atoms with Gasteiger partial charge in [-0.2, -0.15) is 0 Å². The molecule has 0 aliphatic heterocycles. The third kappa shape index (κ3) is 5.22. The molecule has 3 aromatic rings. The lowest BCUT2D eigenvalue weighted by molar-refractivity contribution is 0.589. The van der Waals surface area contributed by atoms with Gasteiger partial charge in [0.1, 0.15) is 0 Å². The number of aryl methyl sites for hydroxylation is 1. The van der Waals surface area contributed by atoms with E-state index in [-0.39, 0.29) is 9.92 Å². The number of rotatable bonds is 4. The monoisotopic (exact) mass is 427 g/mol. The second-order valence-corrected chi connectivity index (χ2v) is 10.8. The van der Waals surface area contributed by atoms with Crippen molar-refractivity contribution in [2.75, 3.05) is 0 Å². The Bertz CT molecular complexity index is 1200. The highest BCUT2D eigenvalue weighted by molar-refractivity contribution is 7.93. The molecule has 0 fully saturated rings. The van der Waals surface area contributed by atoms with E-state index in [1.165, 1.54) is 32.4 Å². The van der Waals surface area contributed by atoms with Crippen molar-refractivity contribution in [2.45, 2.75) is 41.0 Å². The van der Waals surface area contributed by atoms with Crippen LogP contribution in [0.1, 0.15) is 19.5 Å². The van der Waals surface area contributed by atoms with Gasteiger partial charge in [0, 0.05) is 33.8 Å². The van der Waals surface area contributed by atoms with Crippen LogP contribution in [-0.4, -0.2) is 57.8 Å². The van der Waals surface area contributed by atoms with Gasteiger partial charge in [0.25, 0.3) is 0 Å². The standard InChI is InChI=1S/C12H12BNO2S.C6H7BN2O2S/c1-8-6-7-10-4-3-5-11(12(10)14-8)17(15,16)9(2)13;1-5(7)12(10,11)6-4-8-2-3-9-6/h3-7,9H,1-2H3;2-5H,1H3. The molecular formula is C18H19B2N3O4S2. The fraction of sp³-hybridized carbons (Fsp3) is 0.278. The molecule has 1 aromatic carbocycles. The zero-order valence-corrected chi connectivity index (χ0v) is 17.9. The topological polar surface area (TPSA) is 107 Å². The molecule has 148 valence electrons. The first kappa shape index (κ1) is 23.0. The van der Waals surface area contributed by atoms with Crippen molar-refractivity contribution >= 4 is 46.3 Å². The van der Waals surface area contributed by atoms with Crippen LogP contribution in [0.3, 0.4) is 0 Å². The van der Waals surface area contributed by atoms with E-state index in [1.807, 2.05) is 25.1 Å². The number of para-hydroxylation sites is 1. The lowest BCUT2D eigenvalue weighted by Gasteiger charge is -2.10. The Morgan fingerprint density at radius 3 is 2.10 bits per heavy atom. The lowest BCUT2D eigenvalue weighted by Crippen LogP contribution is -2.18. The Kier molecular flexibility index (Phi) is 7.18. The molecule has 29 heavy (non-hydrogen) atoms. The SMILES string of the molecule is [B]C(C)S(=O)(=O)c1cccc2ccc(C)nc12.[B]C(C)S(=O)(=O)c1cnccn1. The van der Waals surface area contributed by atoms with Crippen LogP contribution in [0.2, 0.25) is 0 Å². The molecule has 2 atom stereocenters. The van der Waals surface area contributed by atoms with Gasteiger partial charge >= 0.3 is 0 Å². The van der Waals surface area contributed by atoms with Crippen molar-refractivity contribution in [3.63, 3.8) is 0 Å². The van der Waals surface area contributed by atoms with Crippen LogP contribution in [0.5, 0.6) is 0 Å². The Morgan fingerprint density at radius 2 is 1.55 bits per heavy atom. The van der Waals surface area contributed by atoms with Gasteiger partial charge in [0.2, 0.25) is 0 Å². The van der Waals surface area contributed by atoms with Gasteiger partial charge in [-0.25, -0.2) is 21.8 Å². The third-order valence-electron chi connectivity index (χ3n) is 3.94. The number of hydrogen-bond donors (Lipinski definition) is 0. The molecule has 4 radical (unpaired) electrons. The summed E-state index contributed by atoms with van der Waals surface area (Å²) in [5.74, 6) is 0. The molecule has 0 aliphatic rings. The van der Waals surface area contributed by atoms with E-state index in [0.717, 1.165) is 11.1 Å². The van der Waals surface area contributed by atoms with Crippen molar-refractivity contribution in [3.05, 3.63) is 54.6 Å². The number of benzene rings is 1. The largest absolute Gasteiger partial charge is 0.260 e. The van der Waals surface area contributed by atoms with Crippen LogP contribution in [0.15, 0.2) is 58.8 Å². The van der Waals surface area contributed by atoms with E-state index in [9.17, 15) is 16.8 Å². The van der Waals surface area contributed by atoms with E-state index in [2.05, 4.69) is 15.0 Å². The van der Waals surface area contributed by atoms with Crippen LogP contribution >= 0.6 is 0 Å². The van der Waals surface area contributed by atoms with E-state index in [4.69, 9.17) is 15.7 Å². The molecule has 0 N–H and O–H groups in total. The van der Waals surface area contributed by atoms with Crippen LogP contribution in [0, 0.1) is 6.92 Å². The number of fused-ring (bicyclic) bond motifs is 1. The minimum Gasteiger partial charge on any atom is -0.260 e. The number of pyridine rings is 1. The zero-order chi connectivity index (χ0) is 21.8. The maximum Gasteiger partial charge on any atom is 0.191 e. The highest BCUT2D eigenvalue weighted by atomic mass is 32.2. The summed E-state index contributed by atoms with van der Waals surface area (Å²) in [5, 5.41) is -1.16. The van der Waals surface area contributed by atoms with E-state index in [1.54, 1.807) is 12.1 Å². The average molecular weight is 427 g/mol. The molecule has 0 aliphatic carbocycles. The summed E-state index contributed by atoms with van der Waals surface area (Å²) < 4.78 is 46.8. The van der Waals surface area contributed by atoms with Crippen LogP contribution in [0.25, 0.3) is 10.9 Å². The summed E-state index contributed by atoms with van der Waals surface area (Å²) in [6.07, 6.45) is 3.90. The number of hydrogen-bond acceptors (Lipinski definition) is 7. The molecule has 3 rings (SSSR count). The Labute approximate surface area is 173 Å². The van der Waals surface area contributed by atoms with E-state index >= 15 is 0 Å². The molecule has 11 heteroatoms. The highest BCUT2D eigenvalue weighted by Gasteiger charge is 2.22. The van der Waals surface area contributed by atoms with Gasteiger partial charge in [-0.15, -0.1) is 0 Å². The molecular weight excluding hydrogens is 408 g/mol. The fourth-order valence-electron chi connectivity index (χ4n) is 2.27. The van der Waals surface area contributed by atoms with Gasteiger partial charge in [-0.1, -0.05) is 32.0 Å². The van der Waals surface area contributed by atoms with Crippen LogP contribution in [0.4, 0.5) is 0 Å². The summed E-state index contributed by atoms with van der Waals surface area (Å²) in [4.78, 5) is 11.8. The molecule has 2 unspecified atom stereocenters. The first-order valence-electron chi connectivity index (χ1n) is 8.59. The third-order valence-corrected chi connectivity index (χ3v) is 7.63. The quantitative estimate of drug-likeness (QED) is 0.583. The fourth-order valence-corrected chi connectivity index (χ4v) is 4.17. The number of sulfone groups is 2. The maximum atomic E-state index is 12.1. The molecule has 0 amide bonds. The molecule has 0 bridgehead atoms. The smallest absolute Gasteiger partial charge is 0.191 e. The number of aromatic nitrogens is 3. The predicted molar refractivity (Wildman–Crippen MR) is 113 cm³/mol. The molecule has 2 aromatic heterocycles. The zero-order valence-electron chi connectivity index (χ0n) is 16.2. The van der Waals surface area contributed by atoms with Crippen LogP contribution in [-0.2, 0) is 19.7 Å². The molecule has 7 nitrogen and oxygen atoms in total. The van der Waals surface area contributed by atoms with Crippen molar-refractivity contribution < 1.29 is 16.8 Å². The van der Waals surface area contributed by atoms with Gasteiger partial charge in [0.15, 0.2) is 24.7 Å². The van der Waals surface area contributed by atoms with Gasteiger partial charge in [-0.05, 0) is 19.1 Å². The summed E-state index contributed by atoms with van der Waals surface area (Å²) in [5.41, 5.74) is 1.27. The maximum absolute atomic E-state index is 12.1. The van der Waals surface area contributed by atoms with E-state index in [0.29, 0.717) is 5.52 Å². The lowest BCUT2D eigenvalue weighted by atomic mass is 10.1. The van der Waals surface area contributed by atoms with Gasteiger partial charge < -0.3 is 0 Å². The predicted octanol–water partition coefficient (Wildman–Crippen LogP) is 1.60. The van der Waals surface area contributed by atoms with Gasteiger partial charge in [-0.3, -0.25) is 9.97 Å². The molecule has 0 saturated carbocycles. The van der Waals surface area contributed by atoms with Crippen molar-refractivity contribution in [1.82, 2.24) is 15.0 Å². The first-order chi connectivity index (χ1) is 13.5. The second-order valence-electron chi connectivity index (χ2n) is 6.32. The van der Waals surface area contributed by atoms with E-state index < -0.39 is 30.0 Å². The normalized spacial score (nSPS) is 13.9. The van der Waals surface area contributed by atoms with Gasteiger partial charge in [0.05, 0.1) is 32.3 Å². The first-order valence-corrected chi connectivity index (χ1v) is 11.7. The summed E-state index contributed by atoms with van der Waals surface area (Å²) in [7, 11) is 3.78. The molecule has 0 saturated heterocycles. The Morgan fingerprint density at radius 1 is 0.897 bits per heavy atom. The minimum absolute atomic E-state index is 0.0833. The minimum atomic E-state index is -3.50. The summed E-state index contributed by atoms with van der Waals surface area (Å²) in [6, 6.07) is 8.80. The van der Waals surface area contributed by atoms with Crippen molar-refractivity contribution in [2.24, 2.45) is 0 Å². The Hall–Kier alpha value is -2.26. The number of nitrogens with zero attached hydrogens (tertiary/aromatic N) is 3. The van der Waals surface area contributed by atoms with Crippen molar-refractivity contribution in [3.8, 4) is 0 Å². The molecule has 2 heterocycles. The summed E-state index contributed by atoms with van der Waals surface area (Å²) >= 11 is 0. The van der Waals surface area contributed by atoms with Crippen LogP contribution < -0.4 is 0 Å². The second kappa shape index (κ2) is 9.04. The van der Waals surface area contributed by atoms with Crippen molar-refractivity contribution in [1.29, 1.82) is 0 Å². The Balaban J connectivity index is 0.000000221. The molecule has 0 spiro atoms. The highest BCUT2D eigenvalue weighted by Crippen LogP contribution is 2.24.